The summed E-state index contributed by atoms with van der Waals surface area (Å²) in [6, 6.07) is 22.9. The Morgan fingerprint density at radius 1 is 0.816 bits per heavy atom. The van der Waals surface area contributed by atoms with Gasteiger partial charge < -0.3 is 15.5 Å². The van der Waals surface area contributed by atoms with Gasteiger partial charge in [-0.1, -0.05) is 163 Å². The van der Waals surface area contributed by atoms with E-state index in [1.54, 1.807) is 0 Å². The Hall–Kier alpha value is -3.72. The third-order valence-corrected chi connectivity index (χ3v) is 16.4. The smallest absolute Gasteiger partial charge is 0.305 e. The van der Waals surface area contributed by atoms with E-state index in [-0.39, 0.29) is 28.4 Å². The molecule has 2 heterocycles. The fourth-order valence-corrected chi connectivity index (χ4v) is 13.1. The number of nitrogens with two attached hydrogens (primary N) is 1. The number of aromatic nitrogens is 4. The fourth-order valence-electron chi connectivity index (χ4n) is 7.37. The van der Waals surface area contributed by atoms with Gasteiger partial charge in [0.25, 0.3) is 5.56 Å². The topological polar surface area (TPSA) is 127 Å². The molecule has 0 spiro atoms. The minimum atomic E-state index is -2.34. The highest BCUT2D eigenvalue weighted by molar-refractivity contribution is 7.04. The van der Waals surface area contributed by atoms with Crippen LogP contribution in [0.2, 0.25) is 11.1 Å². The van der Waals surface area contributed by atoms with Crippen molar-refractivity contribution in [1.82, 2.24) is 19.9 Å². The molecule has 0 radical (unpaired) electrons. The van der Waals surface area contributed by atoms with Crippen LogP contribution < -0.4 is 21.7 Å². The second-order valence-corrected chi connectivity index (χ2v) is 19.8. The number of H-pyrrole nitrogens is 2. The molecule has 0 amide bonds. The number of esters is 1. The predicted molar refractivity (Wildman–Crippen MR) is 205 cm³/mol. The summed E-state index contributed by atoms with van der Waals surface area (Å²) in [5, 5.41) is 2.81. The van der Waals surface area contributed by atoms with Gasteiger partial charge in [0.1, 0.15) is 13.9 Å². The highest BCUT2D eigenvalue weighted by Crippen LogP contribution is 2.40. The van der Waals surface area contributed by atoms with Gasteiger partial charge in [0.05, 0.1) is 6.61 Å². The Kier molecular flexibility index (Phi) is 14.7. The molecule has 1 unspecified atom stereocenters. The number of carbonyl (C=O) groups is 1. The van der Waals surface area contributed by atoms with E-state index in [0.29, 0.717) is 36.4 Å². The molecule has 2 aromatic carbocycles. The predicted octanol–water partition coefficient (Wildman–Crippen LogP) is 8.08. The number of nitrogens with zero attached hydrogens (tertiary/aromatic N) is 2. The van der Waals surface area contributed by atoms with Gasteiger partial charge in [-0.2, -0.15) is 4.98 Å². The van der Waals surface area contributed by atoms with E-state index in [9.17, 15) is 9.59 Å². The minimum Gasteiger partial charge on any atom is -0.465 e. The molecule has 4 aromatic rings. The zero-order chi connectivity index (χ0) is 35.1. The van der Waals surface area contributed by atoms with Crippen molar-refractivity contribution in [2.24, 2.45) is 5.92 Å². The van der Waals surface area contributed by atoms with Crippen LogP contribution in [0.15, 0.2) is 65.5 Å². The second kappa shape index (κ2) is 18.9. The van der Waals surface area contributed by atoms with Crippen LogP contribution in [-0.4, -0.2) is 40.6 Å². The summed E-state index contributed by atoms with van der Waals surface area (Å²) in [4.78, 5) is 40.1. The van der Waals surface area contributed by atoms with Gasteiger partial charge in [-0.3, -0.25) is 14.6 Å². The van der Waals surface area contributed by atoms with Crippen LogP contribution in [-0.2, 0) is 16.0 Å². The Balaban J connectivity index is 1.44. The Morgan fingerprint density at radius 3 is 1.92 bits per heavy atom. The molecule has 0 saturated heterocycles. The lowest BCUT2D eigenvalue weighted by molar-refractivity contribution is -0.145. The van der Waals surface area contributed by atoms with E-state index in [4.69, 9.17) is 10.5 Å². The van der Waals surface area contributed by atoms with Gasteiger partial charge in [0.15, 0.2) is 11.2 Å². The molecule has 0 saturated carbocycles. The van der Waals surface area contributed by atoms with E-state index in [1.165, 1.54) is 68.2 Å². The molecule has 49 heavy (non-hydrogen) atoms. The summed E-state index contributed by atoms with van der Waals surface area (Å²) in [5.74, 6) is 0.546. The lowest BCUT2D eigenvalue weighted by Crippen LogP contribution is -2.64. The van der Waals surface area contributed by atoms with Crippen LogP contribution in [0.4, 0.5) is 5.95 Å². The average Bonchev–Trinajstić information content (AvgIpc) is 3.49. The van der Waals surface area contributed by atoms with E-state index in [2.05, 4.69) is 108 Å². The molecule has 9 heteroatoms. The molecule has 266 valence electrons. The zero-order valence-corrected chi connectivity index (χ0v) is 31.4. The molecule has 1 atom stereocenters. The van der Waals surface area contributed by atoms with Crippen LogP contribution in [0.25, 0.3) is 11.2 Å². The third kappa shape index (κ3) is 10.9. The van der Waals surface area contributed by atoms with Crippen LogP contribution in [0.1, 0.15) is 117 Å². The number of nitrogens with one attached hydrogen (secondary N) is 2. The number of benzene rings is 2. The largest absolute Gasteiger partial charge is 0.465 e. The highest BCUT2D eigenvalue weighted by Gasteiger charge is 2.47. The van der Waals surface area contributed by atoms with Crippen molar-refractivity contribution in [2.45, 2.75) is 129 Å². The third-order valence-electron chi connectivity index (χ3n) is 10.1. The lowest BCUT2D eigenvalue weighted by Gasteiger charge is -2.45. The number of hydrogen-bond donors (Lipinski definition) is 3. The van der Waals surface area contributed by atoms with Crippen molar-refractivity contribution in [3.05, 3.63) is 76.8 Å². The van der Waals surface area contributed by atoms with Gasteiger partial charge >= 0.3 is 5.97 Å². The first-order chi connectivity index (χ1) is 23.6. The van der Waals surface area contributed by atoms with Crippen LogP contribution in [0.5, 0.6) is 0 Å². The number of fused-ring (bicyclic) bond motifs is 1. The van der Waals surface area contributed by atoms with Gasteiger partial charge in [0, 0.05) is 12.8 Å². The first kappa shape index (κ1) is 38.1. The number of anilines is 1. The number of rotatable bonds is 21. The minimum absolute atomic E-state index is 0.0000772. The lowest BCUT2D eigenvalue weighted by atomic mass is 10.0. The van der Waals surface area contributed by atoms with Crippen LogP contribution >= 0.6 is 0 Å². The molecular formula is C40H59N5O3Si. The van der Waals surface area contributed by atoms with Crippen LogP contribution in [0, 0.1) is 5.92 Å². The van der Waals surface area contributed by atoms with Crippen molar-refractivity contribution in [3.63, 3.8) is 0 Å². The van der Waals surface area contributed by atoms with E-state index in [0.717, 1.165) is 25.3 Å². The summed E-state index contributed by atoms with van der Waals surface area (Å²) in [6.45, 7) is 9.65. The SMILES string of the molecule is CCCCCCCCCCCCCC(=O)OCC(CC[Si](c1ccccc1)(c1ccccc1)C(C)(C)C)Cc1nc2nc(N)[nH]c(=O)c2[nH]1. The second-order valence-electron chi connectivity index (χ2n) is 14.8. The number of ether oxygens (including phenoxy) is 1. The number of hydrogen-bond acceptors (Lipinski definition) is 6. The quantitative estimate of drug-likeness (QED) is 0.0462. The molecular weight excluding hydrogens is 627 g/mol. The summed E-state index contributed by atoms with van der Waals surface area (Å²) >= 11 is 0. The van der Waals surface area contributed by atoms with Crippen molar-refractivity contribution in [1.29, 1.82) is 0 Å². The molecule has 0 aliphatic carbocycles. The van der Waals surface area contributed by atoms with Crippen molar-refractivity contribution in [3.8, 4) is 0 Å². The zero-order valence-electron chi connectivity index (χ0n) is 30.4. The maximum atomic E-state index is 13.0. The Bertz CT molecular complexity index is 1570. The van der Waals surface area contributed by atoms with Crippen molar-refractivity contribution in [2.75, 3.05) is 12.3 Å². The first-order valence-electron chi connectivity index (χ1n) is 18.6. The van der Waals surface area contributed by atoms with Gasteiger partial charge in [-0.15, -0.1) is 0 Å². The number of nitrogen functional groups attached to an aromatic ring is 1. The molecule has 0 aliphatic rings. The molecule has 2 aromatic heterocycles. The number of aromatic amines is 2. The Morgan fingerprint density at radius 2 is 1.37 bits per heavy atom. The molecule has 4 rings (SSSR count). The molecule has 0 bridgehead atoms. The monoisotopic (exact) mass is 685 g/mol. The average molecular weight is 686 g/mol. The molecule has 0 aliphatic heterocycles. The molecule has 4 N–H and O–H groups in total. The van der Waals surface area contributed by atoms with Crippen LogP contribution in [0.3, 0.4) is 0 Å². The van der Waals surface area contributed by atoms with Gasteiger partial charge in [0.2, 0.25) is 5.95 Å². The Labute approximate surface area is 294 Å². The summed E-state index contributed by atoms with van der Waals surface area (Å²) in [7, 11) is -2.34. The fraction of sp³-hybridized carbons (Fsp3) is 0.550. The van der Waals surface area contributed by atoms with E-state index < -0.39 is 8.07 Å². The standard InChI is InChI=1S/C40H59N5O3Si/c1-5-6-7-8-9-10-11-12-13-14-21-26-35(46)48-30-31(29-34-42-36-37(43-34)44-39(41)45-38(36)47)27-28-49(40(2,3)4,32-22-17-15-18-23-32)33-24-19-16-20-25-33/h15-20,22-25,31H,5-14,21,26-30H2,1-4H3,(H4,41,42,43,44,45,47). The van der Waals surface area contributed by atoms with E-state index >= 15 is 0 Å². The first-order valence-corrected chi connectivity index (χ1v) is 20.9. The van der Waals surface area contributed by atoms with Crippen molar-refractivity contribution >= 4 is 41.5 Å². The highest BCUT2D eigenvalue weighted by atomic mass is 28.3. The summed E-state index contributed by atoms with van der Waals surface area (Å²) < 4.78 is 5.98. The maximum Gasteiger partial charge on any atom is 0.305 e. The van der Waals surface area contributed by atoms with Crippen molar-refractivity contribution < 1.29 is 9.53 Å². The molecule has 0 fully saturated rings. The normalized spacial score (nSPS) is 12.7. The number of carbonyl (C=O) groups excluding carboxylic acids is 1. The maximum absolute atomic E-state index is 13.0. The molecule has 8 nitrogen and oxygen atoms in total. The number of imidazole rings is 1. The van der Waals surface area contributed by atoms with Gasteiger partial charge in [-0.25, -0.2) is 4.98 Å². The summed E-state index contributed by atoms with van der Waals surface area (Å²) in [5.41, 5.74) is 6.06. The summed E-state index contributed by atoms with van der Waals surface area (Å²) in [6.07, 6.45) is 15.5. The van der Waals surface area contributed by atoms with Gasteiger partial charge in [-0.05, 0) is 29.8 Å². The van der Waals surface area contributed by atoms with E-state index in [1.807, 2.05) is 0 Å². The number of unbranched alkanes of at least 4 members (excludes halogenated alkanes) is 10.